The molecule has 2 aromatic carbocycles. The highest BCUT2D eigenvalue weighted by Crippen LogP contribution is 2.22. The largest absolute Gasteiger partial charge is 0.388 e. The van der Waals surface area contributed by atoms with E-state index in [1.165, 1.54) is 11.1 Å². The number of rotatable bonds is 3. The lowest BCUT2D eigenvalue weighted by atomic mass is 9.98. The fraction of sp³-hybridized carbons (Fsp3) is 0.250. The van der Waals surface area contributed by atoms with Crippen molar-refractivity contribution in [3.63, 3.8) is 0 Å². The number of hydrogen-bond donors (Lipinski definition) is 1. The summed E-state index contributed by atoms with van der Waals surface area (Å²) in [6.07, 6.45) is 0.103. The van der Waals surface area contributed by atoms with Gasteiger partial charge in [-0.05, 0) is 48.2 Å². The van der Waals surface area contributed by atoms with Gasteiger partial charge in [0.25, 0.3) is 0 Å². The Hall–Kier alpha value is -1.31. The highest BCUT2D eigenvalue weighted by Gasteiger charge is 2.09. The van der Waals surface area contributed by atoms with Crippen LogP contribution in [-0.2, 0) is 6.42 Å². The van der Waals surface area contributed by atoms with Gasteiger partial charge >= 0.3 is 0 Å². The minimum absolute atomic E-state index is 0.484. The summed E-state index contributed by atoms with van der Waals surface area (Å²) >= 11 is 5.94. The zero-order valence-corrected chi connectivity index (χ0v) is 11.4. The summed E-state index contributed by atoms with van der Waals surface area (Å²) in [6, 6.07) is 13.7. The summed E-state index contributed by atoms with van der Waals surface area (Å²) in [5, 5.41) is 10.9. The second-order valence-corrected chi connectivity index (χ2v) is 5.13. The van der Waals surface area contributed by atoms with Gasteiger partial charge in [-0.15, -0.1) is 0 Å². The molecule has 0 amide bonds. The summed E-state index contributed by atoms with van der Waals surface area (Å²) in [5.74, 6) is 0. The minimum atomic E-state index is -0.484. The monoisotopic (exact) mass is 260 g/mol. The van der Waals surface area contributed by atoms with Crippen molar-refractivity contribution in [2.24, 2.45) is 0 Å². The second kappa shape index (κ2) is 5.55. The lowest BCUT2D eigenvalue weighted by Crippen LogP contribution is -2.02. The van der Waals surface area contributed by atoms with E-state index in [2.05, 4.69) is 13.8 Å². The molecule has 18 heavy (non-hydrogen) atoms. The second-order valence-electron chi connectivity index (χ2n) is 4.69. The molecule has 0 aliphatic carbocycles. The first-order valence-corrected chi connectivity index (χ1v) is 6.44. The first-order chi connectivity index (χ1) is 8.56. The van der Waals surface area contributed by atoms with Crippen LogP contribution in [0.25, 0.3) is 0 Å². The van der Waals surface area contributed by atoms with Crippen molar-refractivity contribution in [1.29, 1.82) is 0 Å². The third-order valence-electron chi connectivity index (χ3n) is 3.23. The Kier molecular flexibility index (Phi) is 4.05. The molecule has 0 fully saturated rings. The highest BCUT2D eigenvalue weighted by molar-refractivity contribution is 6.30. The van der Waals surface area contributed by atoms with E-state index in [1.54, 1.807) is 0 Å². The predicted molar refractivity (Wildman–Crippen MR) is 76.0 cm³/mol. The van der Waals surface area contributed by atoms with Crippen LogP contribution >= 0.6 is 11.6 Å². The summed E-state index contributed by atoms with van der Waals surface area (Å²) in [4.78, 5) is 0. The summed E-state index contributed by atoms with van der Waals surface area (Å²) in [6.45, 7) is 4.13. The van der Waals surface area contributed by atoms with E-state index in [0.29, 0.717) is 11.4 Å². The molecule has 1 atom stereocenters. The predicted octanol–water partition coefficient (Wildman–Crippen LogP) is 4.23. The third kappa shape index (κ3) is 3.12. The molecule has 0 saturated carbocycles. The van der Waals surface area contributed by atoms with Gasteiger partial charge in [-0.25, -0.2) is 0 Å². The SMILES string of the molecule is Cc1ccc(C(O)Cc2cccc(Cl)c2)cc1C. The molecule has 0 radical (unpaired) electrons. The van der Waals surface area contributed by atoms with Gasteiger partial charge in [0.05, 0.1) is 6.10 Å². The molecule has 2 heteroatoms. The van der Waals surface area contributed by atoms with Crippen molar-refractivity contribution in [3.05, 3.63) is 69.7 Å². The molecule has 2 rings (SSSR count). The highest BCUT2D eigenvalue weighted by atomic mass is 35.5. The Balaban J connectivity index is 2.16. The number of aliphatic hydroxyl groups excluding tert-OH is 1. The molecule has 0 aliphatic rings. The van der Waals surface area contributed by atoms with Crippen LogP contribution in [0, 0.1) is 13.8 Å². The normalized spacial score (nSPS) is 12.4. The van der Waals surface area contributed by atoms with Crippen LogP contribution in [0.15, 0.2) is 42.5 Å². The van der Waals surface area contributed by atoms with Gasteiger partial charge in [0.15, 0.2) is 0 Å². The number of halogens is 1. The molecule has 94 valence electrons. The summed E-state index contributed by atoms with van der Waals surface area (Å²) < 4.78 is 0. The molecule has 0 heterocycles. The van der Waals surface area contributed by atoms with E-state index in [9.17, 15) is 5.11 Å². The Morgan fingerprint density at radius 1 is 1.06 bits per heavy atom. The smallest absolute Gasteiger partial charge is 0.0830 e. The fourth-order valence-electron chi connectivity index (χ4n) is 1.98. The maximum absolute atomic E-state index is 10.2. The maximum atomic E-state index is 10.2. The van der Waals surface area contributed by atoms with Crippen molar-refractivity contribution in [1.82, 2.24) is 0 Å². The average molecular weight is 261 g/mol. The van der Waals surface area contributed by atoms with Crippen molar-refractivity contribution in [2.75, 3.05) is 0 Å². The molecule has 1 unspecified atom stereocenters. The lowest BCUT2D eigenvalue weighted by Gasteiger charge is -2.13. The molecular formula is C16H17ClO. The zero-order chi connectivity index (χ0) is 13.1. The molecule has 1 N–H and O–H groups in total. The molecule has 0 aliphatic heterocycles. The van der Waals surface area contributed by atoms with Gasteiger partial charge in [0.2, 0.25) is 0 Å². The van der Waals surface area contributed by atoms with Crippen LogP contribution in [0.3, 0.4) is 0 Å². The van der Waals surface area contributed by atoms with Crippen LogP contribution in [0.1, 0.15) is 28.4 Å². The Labute approximate surface area is 113 Å². The Morgan fingerprint density at radius 2 is 1.83 bits per heavy atom. The molecule has 0 aromatic heterocycles. The van der Waals surface area contributed by atoms with Crippen molar-refractivity contribution >= 4 is 11.6 Å². The molecule has 1 nitrogen and oxygen atoms in total. The molecule has 0 saturated heterocycles. The number of benzene rings is 2. The first-order valence-electron chi connectivity index (χ1n) is 6.06. The standard InChI is InChI=1S/C16H17ClO/c1-11-6-7-14(8-12(11)2)16(18)10-13-4-3-5-15(17)9-13/h3-9,16,18H,10H2,1-2H3. The summed E-state index contributed by atoms with van der Waals surface area (Å²) in [5.41, 5.74) is 4.46. The van der Waals surface area contributed by atoms with Gasteiger partial charge in [0, 0.05) is 11.4 Å². The average Bonchev–Trinajstić information content (AvgIpc) is 2.32. The Morgan fingerprint density at radius 3 is 2.50 bits per heavy atom. The van der Waals surface area contributed by atoms with E-state index in [0.717, 1.165) is 11.1 Å². The van der Waals surface area contributed by atoms with E-state index >= 15 is 0 Å². The lowest BCUT2D eigenvalue weighted by molar-refractivity contribution is 0.178. The van der Waals surface area contributed by atoms with Crippen molar-refractivity contribution in [2.45, 2.75) is 26.4 Å². The quantitative estimate of drug-likeness (QED) is 0.876. The number of aryl methyl sites for hydroxylation is 2. The molecule has 2 aromatic rings. The minimum Gasteiger partial charge on any atom is -0.388 e. The topological polar surface area (TPSA) is 20.2 Å². The van der Waals surface area contributed by atoms with Crippen LogP contribution < -0.4 is 0 Å². The van der Waals surface area contributed by atoms with Gasteiger partial charge in [-0.2, -0.15) is 0 Å². The molecule has 0 bridgehead atoms. The third-order valence-corrected chi connectivity index (χ3v) is 3.47. The van der Waals surface area contributed by atoms with E-state index < -0.39 is 6.10 Å². The van der Waals surface area contributed by atoms with Crippen LogP contribution in [-0.4, -0.2) is 5.11 Å². The molecule has 0 spiro atoms. The van der Waals surface area contributed by atoms with Crippen LogP contribution in [0.4, 0.5) is 0 Å². The van der Waals surface area contributed by atoms with Gasteiger partial charge in [0.1, 0.15) is 0 Å². The van der Waals surface area contributed by atoms with Crippen molar-refractivity contribution < 1.29 is 5.11 Å². The fourth-order valence-corrected chi connectivity index (χ4v) is 2.19. The van der Waals surface area contributed by atoms with Crippen LogP contribution in [0.2, 0.25) is 5.02 Å². The van der Waals surface area contributed by atoms with Gasteiger partial charge < -0.3 is 5.11 Å². The van der Waals surface area contributed by atoms with Gasteiger partial charge in [-0.1, -0.05) is 41.9 Å². The van der Waals surface area contributed by atoms with E-state index in [4.69, 9.17) is 11.6 Å². The summed E-state index contributed by atoms with van der Waals surface area (Å²) in [7, 11) is 0. The molecular weight excluding hydrogens is 244 g/mol. The van der Waals surface area contributed by atoms with Gasteiger partial charge in [-0.3, -0.25) is 0 Å². The Bertz CT molecular complexity index is 549. The van der Waals surface area contributed by atoms with Crippen molar-refractivity contribution in [3.8, 4) is 0 Å². The first kappa shape index (κ1) is 13.1. The number of hydrogen-bond acceptors (Lipinski definition) is 1. The number of aliphatic hydroxyl groups is 1. The maximum Gasteiger partial charge on any atom is 0.0830 e. The zero-order valence-electron chi connectivity index (χ0n) is 10.7. The van der Waals surface area contributed by atoms with Crippen LogP contribution in [0.5, 0.6) is 0 Å². The van der Waals surface area contributed by atoms with E-state index in [-0.39, 0.29) is 0 Å². The van der Waals surface area contributed by atoms with E-state index in [1.807, 2.05) is 42.5 Å².